The number of fused-ring (bicyclic) bond motifs is 1. The third kappa shape index (κ3) is 1.05. The quantitative estimate of drug-likeness (QED) is 0.695. The highest BCUT2D eigenvalue weighted by molar-refractivity contribution is 6.00. The lowest BCUT2D eigenvalue weighted by molar-refractivity contribution is 0.0698. The summed E-state index contributed by atoms with van der Waals surface area (Å²) in [6.45, 7) is 0. The summed E-state index contributed by atoms with van der Waals surface area (Å²) < 4.78 is 1.73. The number of hydrogen-bond acceptors (Lipinski definition) is 3. The minimum atomic E-state index is -1.00. The first-order chi connectivity index (χ1) is 6.20. The lowest BCUT2D eigenvalue weighted by Gasteiger charge is -1.95. The fourth-order valence-corrected chi connectivity index (χ4v) is 1.20. The van der Waals surface area contributed by atoms with Crippen molar-refractivity contribution in [3.63, 3.8) is 0 Å². The summed E-state index contributed by atoms with van der Waals surface area (Å²) in [7, 11) is 1.79. The molecule has 5 heteroatoms. The highest BCUT2D eigenvalue weighted by atomic mass is 16.4. The molecular formula is C8H7N3O2. The summed E-state index contributed by atoms with van der Waals surface area (Å²) >= 11 is 0. The van der Waals surface area contributed by atoms with Crippen LogP contribution in [-0.4, -0.2) is 25.6 Å². The van der Waals surface area contributed by atoms with Crippen molar-refractivity contribution < 1.29 is 9.90 Å². The molecule has 2 aromatic heterocycles. The van der Waals surface area contributed by atoms with E-state index in [4.69, 9.17) is 5.11 Å². The molecule has 0 bridgehead atoms. The number of aromatic nitrogens is 3. The van der Waals surface area contributed by atoms with Gasteiger partial charge in [-0.2, -0.15) is 0 Å². The third-order valence-corrected chi connectivity index (χ3v) is 1.87. The van der Waals surface area contributed by atoms with Gasteiger partial charge in [-0.3, -0.25) is 4.98 Å². The van der Waals surface area contributed by atoms with Gasteiger partial charge in [-0.25, -0.2) is 9.78 Å². The number of carboxylic acids is 1. The van der Waals surface area contributed by atoms with Gasteiger partial charge in [-0.15, -0.1) is 0 Å². The number of hydrogen-bond donors (Lipinski definition) is 1. The zero-order chi connectivity index (χ0) is 9.42. The van der Waals surface area contributed by atoms with E-state index >= 15 is 0 Å². The van der Waals surface area contributed by atoms with Crippen molar-refractivity contribution in [1.29, 1.82) is 0 Å². The largest absolute Gasteiger partial charge is 0.478 e. The van der Waals surface area contributed by atoms with Crippen LogP contribution in [0.5, 0.6) is 0 Å². The second-order valence-corrected chi connectivity index (χ2v) is 2.72. The molecule has 2 rings (SSSR count). The Morgan fingerprint density at radius 3 is 3.00 bits per heavy atom. The van der Waals surface area contributed by atoms with Gasteiger partial charge in [0.15, 0.2) is 0 Å². The molecule has 0 spiro atoms. The normalized spacial score (nSPS) is 10.5. The van der Waals surface area contributed by atoms with E-state index in [1.807, 2.05) is 0 Å². The van der Waals surface area contributed by atoms with Crippen LogP contribution in [0.25, 0.3) is 11.0 Å². The average molecular weight is 177 g/mol. The molecule has 0 aliphatic carbocycles. The molecule has 13 heavy (non-hydrogen) atoms. The molecule has 0 radical (unpaired) electrons. The molecule has 0 amide bonds. The Balaban J connectivity index is 2.84. The summed E-state index contributed by atoms with van der Waals surface area (Å²) in [5.74, 6) is -1.00. The van der Waals surface area contributed by atoms with Crippen molar-refractivity contribution in [3.8, 4) is 0 Å². The van der Waals surface area contributed by atoms with Crippen molar-refractivity contribution in [2.45, 2.75) is 0 Å². The van der Waals surface area contributed by atoms with E-state index in [2.05, 4.69) is 9.97 Å². The summed E-state index contributed by atoms with van der Waals surface area (Å²) in [5.41, 5.74) is 1.34. The number of nitrogens with zero attached hydrogens (tertiary/aromatic N) is 3. The first kappa shape index (κ1) is 7.72. The number of aromatic carboxylic acids is 1. The molecule has 0 aliphatic heterocycles. The summed E-state index contributed by atoms with van der Waals surface area (Å²) in [6.07, 6.45) is 4.46. The smallest absolute Gasteiger partial charge is 0.339 e. The van der Waals surface area contributed by atoms with Crippen molar-refractivity contribution >= 4 is 17.0 Å². The van der Waals surface area contributed by atoms with E-state index < -0.39 is 5.97 Å². The van der Waals surface area contributed by atoms with Gasteiger partial charge in [0.05, 0.1) is 18.0 Å². The Hall–Kier alpha value is -1.91. The van der Waals surface area contributed by atoms with Crippen molar-refractivity contribution in [3.05, 3.63) is 24.3 Å². The highest BCUT2D eigenvalue weighted by Crippen LogP contribution is 2.14. The van der Waals surface area contributed by atoms with Crippen LogP contribution in [0.1, 0.15) is 10.4 Å². The summed E-state index contributed by atoms with van der Waals surface area (Å²) in [5, 5.41) is 8.80. The molecule has 0 aliphatic rings. The SMILES string of the molecule is Cn1cnc2c(C(=O)O)cncc21. The lowest BCUT2D eigenvalue weighted by Crippen LogP contribution is -1.98. The number of carbonyl (C=O) groups is 1. The number of imidazole rings is 1. The average Bonchev–Trinajstić information content (AvgIpc) is 2.48. The van der Waals surface area contributed by atoms with Gasteiger partial charge in [0.1, 0.15) is 11.1 Å². The summed E-state index contributed by atoms with van der Waals surface area (Å²) in [4.78, 5) is 18.5. The maximum atomic E-state index is 10.7. The predicted octanol–water partition coefficient (Wildman–Crippen LogP) is 0.666. The van der Waals surface area contributed by atoms with Gasteiger partial charge in [-0.05, 0) is 0 Å². The predicted molar refractivity (Wildman–Crippen MR) is 45.5 cm³/mol. The Bertz CT molecular complexity index is 475. The topological polar surface area (TPSA) is 68.0 Å². The molecule has 0 atom stereocenters. The molecule has 0 saturated carbocycles. The van der Waals surface area contributed by atoms with Gasteiger partial charge in [0.25, 0.3) is 0 Å². The first-order valence-electron chi connectivity index (χ1n) is 3.68. The molecule has 0 aromatic carbocycles. The molecule has 0 saturated heterocycles. The fourth-order valence-electron chi connectivity index (χ4n) is 1.20. The van der Waals surface area contributed by atoms with E-state index in [1.54, 1.807) is 24.1 Å². The van der Waals surface area contributed by atoms with E-state index in [0.717, 1.165) is 5.52 Å². The molecular weight excluding hydrogens is 170 g/mol. The van der Waals surface area contributed by atoms with E-state index in [0.29, 0.717) is 5.52 Å². The van der Waals surface area contributed by atoms with Crippen LogP contribution in [0.4, 0.5) is 0 Å². The molecule has 2 aromatic rings. The van der Waals surface area contributed by atoms with Gasteiger partial charge >= 0.3 is 5.97 Å². The van der Waals surface area contributed by atoms with Crippen molar-refractivity contribution in [1.82, 2.24) is 14.5 Å². The molecule has 66 valence electrons. The Labute approximate surface area is 73.7 Å². The molecule has 0 fully saturated rings. The van der Waals surface area contributed by atoms with Crippen LogP contribution >= 0.6 is 0 Å². The van der Waals surface area contributed by atoms with Gasteiger partial charge in [-0.1, -0.05) is 0 Å². The van der Waals surface area contributed by atoms with Gasteiger partial charge in [0, 0.05) is 13.2 Å². The minimum Gasteiger partial charge on any atom is -0.478 e. The van der Waals surface area contributed by atoms with E-state index in [1.165, 1.54) is 6.20 Å². The molecule has 1 N–H and O–H groups in total. The Morgan fingerprint density at radius 2 is 2.31 bits per heavy atom. The number of pyridine rings is 1. The maximum Gasteiger partial charge on any atom is 0.339 e. The van der Waals surface area contributed by atoms with Crippen LogP contribution in [-0.2, 0) is 7.05 Å². The second kappa shape index (κ2) is 2.55. The third-order valence-electron chi connectivity index (χ3n) is 1.87. The molecule has 2 heterocycles. The van der Waals surface area contributed by atoms with Crippen molar-refractivity contribution in [2.75, 3.05) is 0 Å². The summed E-state index contributed by atoms with van der Waals surface area (Å²) in [6, 6.07) is 0. The van der Waals surface area contributed by atoms with Crippen LogP contribution in [0, 0.1) is 0 Å². The van der Waals surface area contributed by atoms with Crippen LogP contribution < -0.4 is 0 Å². The number of rotatable bonds is 1. The molecule has 0 unspecified atom stereocenters. The second-order valence-electron chi connectivity index (χ2n) is 2.72. The minimum absolute atomic E-state index is 0.137. The van der Waals surface area contributed by atoms with Crippen molar-refractivity contribution in [2.24, 2.45) is 7.05 Å². The monoisotopic (exact) mass is 177 g/mol. The Morgan fingerprint density at radius 1 is 1.54 bits per heavy atom. The van der Waals surface area contributed by atoms with Gasteiger partial charge < -0.3 is 9.67 Å². The van der Waals surface area contributed by atoms with Crippen LogP contribution in [0.2, 0.25) is 0 Å². The lowest BCUT2D eigenvalue weighted by atomic mass is 10.2. The highest BCUT2D eigenvalue weighted by Gasteiger charge is 2.11. The number of aryl methyl sites for hydroxylation is 1. The van der Waals surface area contributed by atoms with Crippen LogP contribution in [0.3, 0.4) is 0 Å². The van der Waals surface area contributed by atoms with Gasteiger partial charge in [0.2, 0.25) is 0 Å². The standard InChI is InChI=1S/C8H7N3O2/c1-11-4-10-7-5(8(12)13)2-9-3-6(7)11/h2-4H,1H3,(H,12,13). The fraction of sp³-hybridized carbons (Fsp3) is 0.125. The zero-order valence-electron chi connectivity index (χ0n) is 6.93. The first-order valence-corrected chi connectivity index (χ1v) is 3.68. The zero-order valence-corrected chi connectivity index (χ0v) is 6.93. The number of carboxylic acid groups (broad SMARTS) is 1. The molecule has 5 nitrogen and oxygen atoms in total. The van der Waals surface area contributed by atoms with E-state index in [-0.39, 0.29) is 5.56 Å². The van der Waals surface area contributed by atoms with Crippen LogP contribution in [0.15, 0.2) is 18.7 Å². The Kier molecular flexibility index (Phi) is 1.51. The maximum absolute atomic E-state index is 10.7. The van der Waals surface area contributed by atoms with E-state index in [9.17, 15) is 4.79 Å².